The summed E-state index contributed by atoms with van der Waals surface area (Å²) in [5.41, 5.74) is 11.9. The number of fused-ring (bicyclic) bond motifs is 1. The van der Waals surface area contributed by atoms with E-state index >= 15 is 0 Å². The zero-order valence-electron chi connectivity index (χ0n) is 19.9. The maximum atomic E-state index is 7.37. The largest absolute Gasteiger partial charge is 0.433 e. The van der Waals surface area contributed by atoms with Gasteiger partial charge in [0.25, 0.3) is 5.88 Å². The Kier molecular flexibility index (Phi) is 6.20. The number of ether oxygens (including phenoxy) is 1. The van der Waals surface area contributed by atoms with Crippen LogP contribution in [0.2, 0.25) is 0 Å². The van der Waals surface area contributed by atoms with E-state index in [0.717, 1.165) is 43.6 Å². The fraction of sp³-hybridized carbons (Fsp3) is 0.462. The zero-order valence-corrected chi connectivity index (χ0v) is 19.9. The monoisotopic (exact) mass is 457 g/mol. The lowest BCUT2D eigenvalue weighted by Crippen LogP contribution is -2.27. The standard InChI is InChI=1S/C26H31N7O/c1-17-10-19(11-20-15-32(3)9-8-22(17)20)23-13-29-25(27)26(31-23)34-21-12-30-33(16-21)24(14-28-2)18-6-4-5-7-18/h10-13,16,18,24H,4-9,14-15H2,1,3H3,(H2,27,29). The van der Waals surface area contributed by atoms with E-state index in [4.69, 9.17) is 22.0 Å². The third-order valence-electron chi connectivity index (χ3n) is 7.17. The van der Waals surface area contributed by atoms with Crippen LogP contribution >= 0.6 is 0 Å². The molecule has 1 aromatic carbocycles. The Morgan fingerprint density at radius 2 is 2.09 bits per heavy atom. The van der Waals surface area contributed by atoms with Gasteiger partial charge in [-0.05, 0) is 68.0 Å². The number of hydrogen-bond acceptors (Lipinski definition) is 6. The van der Waals surface area contributed by atoms with Crippen molar-refractivity contribution >= 4 is 5.82 Å². The number of aryl methyl sites for hydroxylation is 1. The molecule has 0 amide bonds. The topological polar surface area (TPSA) is 86.5 Å². The van der Waals surface area contributed by atoms with Gasteiger partial charge in [0.1, 0.15) is 6.04 Å². The SMILES string of the molecule is [C-]#[N+]CC(C1CCCC1)n1cc(Oc2nc(-c3cc(C)c4c(c3)CN(C)CC4)cnc2N)cn1. The lowest BCUT2D eigenvalue weighted by atomic mass is 9.92. The molecule has 8 heteroatoms. The van der Waals surface area contributed by atoms with Gasteiger partial charge in [0.05, 0.1) is 24.3 Å². The summed E-state index contributed by atoms with van der Waals surface area (Å²) in [4.78, 5) is 15.0. The minimum Gasteiger partial charge on any atom is -0.433 e. The molecule has 3 heterocycles. The normalized spacial score (nSPS) is 17.3. The highest BCUT2D eigenvalue weighted by molar-refractivity contribution is 5.64. The number of nitrogen functional groups attached to an aromatic ring is 1. The van der Waals surface area contributed by atoms with Crippen LogP contribution < -0.4 is 10.5 Å². The molecule has 3 aromatic rings. The Bertz CT molecular complexity index is 1220. The molecule has 0 saturated heterocycles. The van der Waals surface area contributed by atoms with E-state index in [1.54, 1.807) is 12.4 Å². The fourth-order valence-corrected chi connectivity index (χ4v) is 5.36. The molecule has 2 aromatic heterocycles. The highest BCUT2D eigenvalue weighted by atomic mass is 16.5. The van der Waals surface area contributed by atoms with Crippen molar-refractivity contribution in [2.75, 3.05) is 25.9 Å². The first kappa shape index (κ1) is 22.4. The quantitative estimate of drug-likeness (QED) is 0.542. The zero-order chi connectivity index (χ0) is 23.7. The van der Waals surface area contributed by atoms with Crippen LogP contribution in [0, 0.1) is 19.4 Å². The van der Waals surface area contributed by atoms with Crippen LogP contribution in [0.1, 0.15) is 48.4 Å². The third-order valence-corrected chi connectivity index (χ3v) is 7.17. The van der Waals surface area contributed by atoms with Crippen molar-refractivity contribution < 1.29 is 4.74 Å². The van der Waals surface area contributed by atoms with E-state index in [1.165, 1.54) is 29.5 Å². The summed E-state index contributed by atoms with van der Waals surface area (Å²) in [6, 6.07) is 4.45. The second kappa shape index (κ2) is 9.43. The first-order valence-corrected chi connectivity index (χ1v) is 12.0. The van der Waals surface area contributed by atoms with E-state index < -0.39 is 0 Å². The van der Waals surface area contributed by atoms with Crippen molar-refractivity contribution in [2.45, 2.75) is 51.6 Å². The molecule has 34 heavy (non-hydrogen) atoms. The lowest BCUT2D eigenvalue weighted by molar-refractivity contribution is 0.312. The summed E-state index contributed by atoms with van der Waals surface area (Å²) < 4.78 is 7.91. The second-order valence-electron chi connectivity index (χ2n) is 9.57. The van der Waals surface area contributed by atoms with Gasteiger partial charge in [0.2, 0.25) is 6.54 Å². The smallest absolute Gasteiger partial charge is 0.263 e. The maximum Gasteiger partial charge on any atom is 0.263 e. The summed E-state index contributed by atoms with van der Waals surface area (Å²) >= 11 is 0. The average Bonchev–Trinajstić information content (AvgIpc) is 3.51. The van der Waals surface area contributed by atoms with Gasteiger partial charge in [-0.15, -0.1) is 0 Å². The highest BCUT2D eigenvalue weighted by Crippen LogP contribution is 2.36. The highest BCUT2D eigenvalue weighted by Gasteiger charge is 2.29. The molecule has 1 aliphatic heterocycles. The molecule has 8 nitrogen and oxygen atoms in total. The Morgan fingerprint density at radius 3 is 2.88 bits per heavy atom. The van der Waals surface area contributed by atoms with Crippen molar-refractivity contribution in [3.63, 3.8) is 0 Å². The van der Waals surface area contributed by atoms with Crippen LogP contribution in [0.15, 0.2) is 30.7 Å². The number of nitrogens with two attached hydrogens (primary N) is 1. The van der Waals surface area contributed by atoms with Gasteiger partial charge >= 0.3 is 0 Å². The molecular formula is C26H31N7O. The molecule has 2 N–H and O–H groups in total. The maximum absolute atomic E-state index is 7.37. The van der Waals surface area contributed by atoms with E-state index in [9.17, 15) is 0 Å². The second-order valence-corrected chi connectivity index (χ2v) is 9.57. The van der Waals surface area contributed by atoms with E-state index in [2.05, 4.69) is 45.9 Å². The van der Waals surface area contributed by atoms with Gasteiger partial charge in [-0.2, -0.15) is 5.10 Å². The molecule has 5 rings (SSSR count). The van der Waals surface area contributed by atoms with Crippen LogP contribution in [-0.2, 0) is 13.0 Å². The van der Waals surface area contributed by atoms with Crippen LogP contribution in [-0.4, -0.2) is 44.8 Å². The van der Waals surface area contributed by atoms with Crippen molar-refractivity contribution in [1.82, 2.24) is 24.6 Å². The van der Waals surface area contributed by atoms with Crippen LogP contribution in [0.3, 0.4) is 0 Å². The first-order chi connectivity index (χ1) is 16.5. The summed E-state index contributed by atoms with van der Waals surface area (Å²) in [6.07, 6.45) is 11.0. The number of hydrogen-bond donors (Lipinski definition) is 1. The molecule has 1 aliphatic carbocycles. The number of aromatic nitrogens is 4. The molecule has 1 atom stereocenters. The van der Waals surface area contributed by atoms with Gasteiger partial charge < -0.3 is 20.2 Å². The van der Waals surface area contributed by atoms with E-state index in [-0.39, 0.29) is 17.7 Å². The number of benzene rings is 1. The van der Waals surface area contributed by atoms with Crippen molar-refractivity contribution in [2.24, 2.45) is 5.92 Å². The molecule has 0 spiro atoms. The first-order valence-electron chi connectivity index (χ1n) is 12.0. The Balaban J connectivity index is 1.40. The molecule has 1 saturated carbocycles. The number of likely N-dealkylation sites (N-methyl/N-ethyl adjacent to an activating group) is 1. The molecule has 1 unspecified atom stereocenters. The van der Waals surface area contributed by atoms with E-state index in [0.29, 0.717) is 18.2 Å². The van der Waals surface area contributed by atoms with Crippen molar-refractivity contribution in [3.05, 3.63) is 58.8 Å². The minimum atomic E-state index is 0.0729. The van der Waals surface area contributed by atoms with Gasteiger partial charge in [-0.25, -0.2) is 16.5 Å². The summed E-state index contributed by atoms with van der Waals surface area (Å²) in [7, 11) is 2.15. The van der Waals surface area contributed by atoms with Gasteiger partial charge in [-0.3, -0.25) is 4.68 Å². The molecule has 2 aliphatic rings. The minimum absolute atomic E-state index is 0.0729. The molecule has 176 valence electrons. The number of rotatable bonds is 6. The van der Waals surface area contributed by atoms with Crippen molar-refractivity contribution in [3.8, 4) is 22.9 Å². The predicted octanol–water partition coefficient (Wildman–Crippen LogP) is 4.66. The van der Waals surface area contributed by atoms with Crippen LogP contribution in [0.25, 0.3) is 16.1 Å². The van der Waals surface area contributed by atoms with Crippen LogP contribution in [0.5, 0.6) is 11.6 Å². The van der Waals surface area contributed by atoms with Crippen molar-refractivity contribution in [1.29, 1.82) is 0 Å². The molecule has 0 radical (unpaired) electrons. The number of nitrogens with zero attached hydrogens (tertiary/aromatic N) is 6. The Hall–Kier alpha value is -3.44. The van der Waals surface area contributed by atoms with Gasteiger partial charge in [-0.1, -0.05) is 12.8 Å². The summed E-state index contributed by atoms with van der Waals surface area (Å²) in [5.74, 6) is 1.54. The third kappa shape index (κ3) is 4.48. The van der Waals surface area contributed by atoms with Gasteiger partial charge in [0.15, 0.2) is 11.6 Å². The van der Waals surface area contributed by atoms with E-state index in [1.807, 2.05) is 10.9 Å². The molecule has 0 bridgehead atoms. The summed E-state index contributed by atoms with van der Waals surface area (Å²) in [6.45, 7) is 12.0. The number of anilines is 1. The Labute approximate surface area is 200 Å². The Morgan fingerprint density at radius 1 is 1.26 bits per heavy atom. The molecular weight excluding hydrogens is 426 g/mol. The average molecular weight is 458 g/mol. The lowest BCUT2D eigenvalue weighted by Gasteiger charge is -2.27. The van der Waals surface area contributed by atoms with Crippen LogP contribution in [0.4, 0.5) is 5.82 Å². The summed E-state index contributed by atoms with van der Waals surface area (Å²) in [5, 5.41) is 4.51. The van der Waals surface area contributed by atoms with Gasteiger partial charge in [0, 0.05) is 18.7 Å². The molecule has 1 fully saturated rings. The predicted molar refractivity (Wildman–Crippen MR) is 131 cm³/mol. The fourth-order valence-electron chi connectivity index (χ4n) is 5.36.